The topological polar surface area (TPSA) is 48.0 Å². The van der Waals surface area contributed by atoms with E-state index in [2.05, 4.69) is 0 Å². The lowest BCUT2D eigenvalue weighted by molar-refractivity contribution is 0.909. The van der Waals surface area contributed by atoms with Crippen LogP contribution in [-0.4, -0.2) is 4.57 Å². The first-order chi connectivity index (χ1) is 9.97. The van der Waals surface area contributed by atoms with Crippen molar-refractivity contribution in [2.24, 2.45) is 7.05 Å². The van der Waals surface area contributed by atoms with Gasteiger partial charge in [-0.25, -0.2) is 0 Å². The highest BCUT2D eigenvalue weighted by Gasteiger charge is 2.10. The number of nitrogen functional groups attached to an aromatic ring is 1. The van der Waals surface area contributed by atoms with Crippen LogP contribution in [0.15, 0.2) is 47.3 Å². The number of pyridine rings is 1. The second kappa shape index (κ2) is 4.77. The highest BCUT2D eigenvalue weighted by molar-refractivity contribution is 5.87. The smallest absolute Gasteiger partial charge is 0.258 e. The molecule has 3 heteroatoms. The minimum atomic E-state index is -0.00499. The number of anilines is 1. The van der Waals surface area contributed by atoms with Crippen LogP contribution in [0.4, 0.5) is 5.69 Å². The molecular weight excluding hydrogens is 260 g/mol. The van der Waals surface area contributed by atoms with Crippen LogP contribution >= 0.6 is 0 Å². The molecule has 0 amide bonds. The van der Waals surface area contributed by atoms with Crippen LogP contribution in [0, 0.1) is 13.8 Å². The van der Waals surface area contributed by atoms with E-state index in [1.807, 2.05) is 56.3 Å². The van der Waals surface area contributed by atoms with E-state index >= 15 is 0 Å². The van der Waals surface area contributed by atoms with Gasteiger partial charge in [-0.1, -0.05) is 29.8 Å². The third-order valence-corrected chi connectivity index (χ3v) is 3.97. The van der Waals surface area contributed by atoms with E-state index in [9.17, 15) is 4.79 Å². The first-order valence-electron chi connectivity index (χ1n) is 6.94. The summed E-state index contributed by atoms with van der Waals surface area (Å²) < 4.78 is 1.67. The normalized spacial score (nSPS) is 11.0. The molecule has 21 heavy (non-hydrogen) atoms. The fourth-order valence-corrected chi connectivity index (χ4v) is 2.59. The fraction of sp³-hybridized carbons (Fsp3) is 0.167. The van der Waals surface area contributed by atoms with Gasteiger partial charge in [0.05, 0.1) is 5.52 Å². The Labute approximate surface area is 123 Å². The number of hydrogen-bond donors (Lipinski definition) is 1. The molecule has 0 spiro atoms. The quantitative estimate of drug-likeness (QED) is 0.693. The Bertz CT molecular complexity index is 890. The molecule has 3 aromatic rings. The highest BCUT2D eigenvalue weighted by atomic mass is 16.1. The third kappa shape index (κ3) is 2.21. The van der Waals surface area contributed by atoms with E-state index < -0.39 is 0 Å². The van der Waals surface area contributed by atoms with Gasteiger partial charge in [0.25, 0.3) is 5.56 Å². The average Bonchev–Trinajstić information content (AvgIpc) is 2.46. The third-order valence-electron chi connectivity index (χ3n) is 3.97. The molecule has 0 fully saturated rings. The molecule has 0 bridgehead atoms. The maximum atomic E-state index is 12.6. The van der Waals surface area contributed by atoms with Gasteiger partial charge < -0.3 is 10.3 Å². The van der Waals surface area contributed by atoms with Gasteiger partial charge in [-0.05, 0) is 48.6 Å². The van der Waals surface area contributed by atoms with Crippen LogP contribution < -0.4 is 11.3 Å². The summed E-state index contributed by atoms with van der Waals surface area (Å²) in [6.45, 7) is 4.01. The summed E-state index contributed by atoms with van der Waals surface area (Å²) in [5.74, 6) is 0. The Morgan fingerprint density at radius 3 is 2.33 bits per heavy atom. The summed E-state index contributed by atoms with van der Waals surface area (Å²) in [4.78, 5) is 12.6. The molecule has 106 valence electrons. The maximum absolute atomic E-state index is 12.6. The predicted molar refractivity (Wildman–Crippen MR) is 88.5 cm³/mol. The molecule has 0 aliphatic heterocycles. The Morgan fingerprint density at radius 2 is 1.67 bits per heavy atom. The Hall–Kier alpha value is -2.55. The van der Waals surface area contributed by atoms with E-state index in [1.165, 1.54) is 5.56 Å². The van der Waals surface area contributed by atoms with Crippen molar-refractivity contribution in [2.75, 3.05) is 5.73 Å². The van der Waals surface area contributed by atoms with Crippen LogP contribution in [0.5, 0.6) is 0 Å². The second-order valence-electron chi connectivity index (χ2n) is 5.56. The zero-order valence-electron chi connectivity index (χ0n) is 12.5. The lowest BCUT2D eigenvalue weighted by atomic mass is 10.0. The van der Waals surface area contributed by atoms with E-state index in [0.29, 0.717) is 11.3 Å². The summed E-state index contributed by atoms with van der Waals surface area (Å²) in [6.07, 6.45) is 0. The van der Waals surface area contributed by atoms with Crippen LogP contribution in [0.2, 0.25) is 0 Å². The number of hydrogen-bond acceptors (Lipinski definition) is 2. The SMILES string of the molecule is Cc1ccc(-c2cc3cc(C)c(N)cc3n(C)c2=O)cc1. The highest BCUT2D eigenvalue weighted by Crippen LogP contribution is 2.24. The molecular formula is C18H18N2O. The number of fused-ring (bicyclic) bond motifs is 1. The minimum Gasteiger partial charge on any atom is -0.398 e. The van der Waals surface area contributed by atoms with Gasteiger partial charge in [-0.2, -0.15) is 0 Å². The lowest BCUT2D eigenvalue weighted by Crippen LogP contribution is -2.19. The summed E-state index contributed by atoms with van der Waals surface area (Å²) >= 11 is 0. The monoisotopic (exact) mass is 278 g/mol. The van der Waals surface area contributed by atoms with Crippen LogP contribution in [-0.2, 0) is 7.05 Å². The Morgan fingerprint density at radius 1 is 1.00 bits per heavy atom. The number of nitrogens with two attached hydrogens (primary N) is 1. The van der Waals surface area contributed by atoms with Gasteiger partial charge in [0, 0.05) is 18.3 Å². The van der Waals surface area contributed by atoms with Crippen LogP contribution in [0.25, 0.3) is 22.0 Å². The number of aryl methyl sites for hydroxylation is 3. The van der Waals surface area contributed by atoms with Gasteiger partial charge >= 0.3 is 0 Å². The second-order valence-corrected chi connectivity index (χ2v) is 5.56. The molecule has 3 rings (SSSR count). The van der Waals surface area contributed by atoms with Crippen molar-refractivity contribution < 1.29 is 0 Å². The summed E-state index contributed by atoms with van der Waals surface area (Å²) in [5.41, 5.74) is 11.4. The summed E-state index contributed by atoms with van der Waals surface area (Å²) in [5, 5.41) is 1.03. The zero-order valence-corrected chi connectivity index (χ0v) is 12.5. The molecule has 2 N–H and O–H groups in total. The van der Waals surface area contributed by atoms with Crippen molar-refractivity contribution >= 4 is 16.6 Å². The maximum Gasteiger partial charge on any atom is 0.258 e. The molecule has 0 saturated carbocycles. The predicted octanol–water partition coefficient (Wildman–Crippen LogP) is 3.40. The van der Waals surface area contributed by atoms with Crippen molar-refractivity contribution in [3.8, 4) is 11.1 Å². The van der Waals surface area contributed by atoms with E-state index in [-0.39, 0.29) is 5.56 Å². The lowest BCUT2D eigenvalue weighted by Gasteiger charge is -2.11. The first-order valence-corrected chi connectivity index (χ1v) is 6.94. The van der Waals surface area contributed by atoms with Crippen LogP contribution in [0.1, 0.15) is 11.1 Å². The van der Waals surface area contributed by atoms with Crippen LogP contribution in [0.3, 0.4) is 0 Å². The van der Waals surface area contributed by atoms with E-state index in [1.54, 1.807) is 11.6 Å². The summed E-state index contributed by atoms with van der Waals surface area (Å²) in [6, 6.07) is 13.9. The number of rotatable bonds is 1. The number of nitrogens with zero attached hydrogens (tertiary/aromatic N) is 1. The Kier molecular flexibility index (Phi) is 3.05. The molecule has 0 radical (unpaired) electrons. The largest absolute Gasteiger partial charge is 0.398 e. The number of aromatic nitrogens is 1. The van der Waals surface area contributed by atoms with Gasteiger partial charge in [0.15, 0.2) is 0 Å². The summed E-state index contributed by atoms with van der Waals surface area (Å²) in [7, 11) is 1.79. The minimum absolute atomic E-state index is 0.00499. The average molecular weight is 278 g/mol. The molecule has 0 saturated heterocycles. The molecule has 0 aliphatic carbocycles. The molecule has 3 nitrogen and oxygen atoms in total. The molecule has 1 aromatic heterocycles. The molecule has 2 aromatic carbocycles. The van der Waals surface area contributed by atoms with Gasteiger partial charge in [0.2, 0.25) is 0 Å². The zero-order chi connectivity index (χ0) is 15.1. The van der Waals surface area contributed by atoms with Crippen molar-refractivity contribution in [1.82, 2.24) is 4.57 Å². The Balaban J connectivity index is 2.34. The molecule has 1 heterocycles. The standard InChI is InChI=1S/C18H18N2O/c1-11-4-6-13(7-5-11)15-9-14-8-12(2)16(19)10-17(14)20(3)18(15)21/h4-10H,19H2,1-3H3. The van der Waals surface area contributed by atoms with E-state index in [4.69, 9.17) is 5.73 Å². The van der Waals surface area contributed by atoms with Crippen molar-refractivity contribution in [3.05, 3.63) is 63.9 Å². The number of benzene rings is 2. The molecule has 0 aliphatic rings. The van der Waals surface area contributed by atoms with E-state index in [0.717, 1.165) is 22.0 Å². The van der Waals surface area contributed by atoms with Gasteiger partial charge in [-0.3, -0.25) is 4.79 Å². The molecule has 0 unspecified atom stereocenters. The molecule has 0 atom stereocenters. The van der Waals surface area contributed by atoms with Crippen molar-refractivity contribution in [2.45, 2.75) is 13.8 Å². The first kappa shape index (κ1) is 13.4. The fourth-order valence-electron chi connectivity index (χ4n) is 2.59. The van der Waals surface area contributed by atoms with Gasteiger partial charge in [-0.15, -0.1) is 0 Å². The van der Waals surface area contributed by atoms with Crippen molar-refractivity contribution in [1.29, 1.82) is 0 Å². The van der Waals surface area contributed by atoms with Gasteiger partial charge in [0.1, 0.15) is 0 Å². The van der Waals surface area contributed by atoms with Crippen molar-refractivity contribution in [3.63, 3.8) is 0 Å².